The molecule has 1 atom stereocenters. The van der Waals surface area contributed by atoms with Crippen LogP contribution in [0.15, 0.2) is 83.8 Å². The Kier molecular flexibility index (Phi) is 5.43. The summed E-state index contributed by atoms with van der Waals surface area (Å²) in [6, 6.07) is 24.1. The highest BCUT2D eigenvalue weighted by molar-refractivity contribution is 7.87. The number of aryl methyl sites for hydroxylation is 1. The maximum atomic E-state index is 12.7. The van der Waals surface area contributed by atoms with E-state index in [0.29, 0.717) is 5.75 Å². The lowest BCUT2D eigenvalue weighted by molar-refractivity contribution is 0.480. The third-order valence-corrected chi connectivity index (χ3v) is 5.66. The van der Waals surface area contributed by atoms with Gasteiger partial charge >= 0.3 is 10.1 Å². The lowest BCUT2D eigenvalue weighted by atomic mass is 9.89. The quantitative estimate of drug-likeness (QED) is 0.556. The Morgan fingerprint density at radius 3 is 2.12 bits per heavy atom. The fourth-order valence-corrected chi connectivity index (χ4v) is 3.99. The summed E-state index contributed by atoms with van der Waals surface area (Å²) in [5.41, 5.74) is 3.01. The summed E-state index contributed by atoms with van der Waals surface area (Å²) in [7, 11) is -3.88. The van der Waals surface area contributed by atoms with E-state index in [0.717, 1.165) is 23.1 Å². The predicted molar refractivity (Wildman–Crippen MR) is 104 cm³/mol. The van der Waals surface area contributed by atoms with Crippen LogP contribution in [0, 0.1) is 6.92 Å². The van der Waals surface area contributed by atoms with E-state index in [1.807, 2.05) is 37.3 Å². The van der Waals surface area contributed by atoms with Crippen molar-refractivity contribution in [3.8, 4) is 5.75 Å². The van der Waals surface area contributed by atoms with Gasteiger partial charge in [-0.25, -0.2) is 0 Å². The highest BCUT2D eigenvalue weighted by atomic mass is 32.2. The van der Waals surface area contributed by atoms with E-state index in [2.05, 4.69) is 19.1 Å². The average molecular weight is 366 g/mol. The van der Waals surface area contributed by atoms with Crippen LogP contribution in [0.5, 0.6) is 5.75 Å². The second-order valence-electron chi connectivity index (χ2n) is 6.26. The minimum atomic E-state index is -3.88. The SMILES string of the molecule is CCC(c1ccccc1)c1ccccc1OS(=O)(=O)c1ccc(C)cc1. The van der Waals surface area contributed by atoms with Gasteiger partial charge in [-0.2, -0.15) is 8.42 Å². The fourth-order valence-electron chi connectivity index (χ4n) is 3.04. The number of hydrogen-bond donors (Lipinski definition) is 0. The zero-order chi connectivity index (χ0) is 18.6. The van der Waals surface area contributed by atoms with E-state index in [1.165, 1.54) is 0 Å². The molecule has 26 heavy (non-hydrogen) atoms. The first kappa shape index (κ1) is 18.2. The lowest BCUT2D eigenvalue weighted by Gasteiger charge is -2.19. The van der Waals surface area contributed by atoms with Crippen molar-refractivity contribution in [2.24, 2.45) is 0 Å². The number of hydrogen-bond acceptors (Lipinski definition) is 3. The summed E-state index contributed by atoms with van der Waals surface area (Å²) in [6.45, 7) is 4.00. The van der Waals surface area contributed by atoms with Crippen molar-refractivity contribution in [2.75, 3.05) is 0 Å². The molecule has 0 aromatic heterocycles. The van der Waals surface area contributed by atoms with E-state index in [9.17, 15) is 8.42 Å². The average Bonchev–Trinajstić information content (AvgIpc) is 2.65. The molecule has 1 unspecified atom stereocenters. The summed E-state index contributed by atoms with van der Waals surface area (Å²) >= 11 is 0. The van der Waals surface area contributed by atoms with E-state index >= 15 is 0 Å². The summed E-state index contributed by atoms with van der Waals surface area (Å²) in [6.07, 6.45) is 0.842. The topological polar surface area (TPSA) is 43.4 Å². The van der Waals surface area contributed by atoms with Gasteiger partial charge in [-0.1, -0.05) is 73.2 Å². The van der Waals surface area contributed by atoms with E-state index in [4.69, 9.17) is 4.18 Å². The van der Waals surface area contributed by atoms with Gasteiger partial charge in [0.05, 0.1) is 0 Å². The molecule has 0 aliphatic rings. The molecule has 3 aromatic rings. The van der Waals surface area contributed by atoms with Gasteiger partial charge in [0, 0.05) is 11.5 Å². The van der Waals surface area contributed by atoms with Crippen LogP contribution in [0.2, 0.25) is 0 Å². The number of para-hydroxylation sites is 1. The van der Waals surface area contributed by atoms with Gasteiger partial charge < -0.3 is 4.18 Å². The van der Waals surface area contributed by atoms with Gasteiger partial charge in [-0.15, -0.1) is 0 Å². The monoisotopic (exact) mass is 366 g/mol. The normalized spacial score (nSPS) is 12.5. The second-order valence-corrected chi connectivity index (χ2v) is 7.81. The summed E-state index contributed by atoms with van der Waals surface area (Å²) in [5.74, 6) is 0.449. The van der Waals surface area contributed by atoms with E-state index in [1.54, 1.807) is 36.4 Å². The van der Waals surface area contributed by atoms with Crippen molar-refractivity contribution >= 4 is 10.1 Å². The molecule has 4 heteroatoms. The number of benzene rings is 3. The zero-order valence-corrected chi connectivity index (χ0v) is 15.7. The van der Waals surface area contributed by atoms with Crippen molar-refractivity contribution < 1.29 is 12.6 Å². The minimum absolute atomic E-state index is 0.0700. The molecule has 0 spiro atoms. The Morgan fingerprint density at radius 1 is 0.846 bits per heavy atom. The van der Waals surface area contributed by atoms with Gasteiger partial charge in [-0.05, 0) is 37.1 Å². The molecular formula is C22H22O3S. The maximum Gasteiger partial charge on any atom is 0.339 e. The van der Waals surface area contributed by atoms with E-state index < -0.39 is 10.1 Å². The van der Waals surface area contributed by atoms with Gasteiger partial charge in [-0.3, -0.25) is 0 Å². The van der Waals surface area contributed by atoms with Crippen molar-refractivity contribution in [2.45, 2.75) is 31.1 Å². The Balaban J connectivity index is 1.98. The fraction of sp³-hybridized carbons (Fsp3) is 0.182. The molecule has 3 nitrogen and oxygen atoms in total. The van der Waals surface area contributed by atoms with Crippen molar-refractivity contribution in [1.29, 1.82) is 0 Å². The van der Waals surface area contributed by atoms with E-state index in [-0.39, 0.29) is 10.8 Å². The van der Waals surface area contributed by atoms with Crippen LogP contribution in [0.4, 0.5) is 0 Å². The molecule has 0 radical (unpaired) electrons. The molecule has 0 bridgehead atoms. The van der Waals surface area contributed by atoms with Gasteiger partial charge in [0.25, 0.3) is 0 Å². The van der Waals surface area contributed by atoms with Crippen LogP contribution in [0.1, 0.15) is 36.0 Å². The molecule has 3 rings (SSSR count). The van der Waals surface area contributed by atoms with Crippen LogP contribution >= 0.6 is 0 Å². The Morgan fingerprint density at radius 2 is 1.46 bits per heavy atom. The first-order valence-electron chi connectivity index (χ1n) is 8.66. The van der Waals surface area contributed by atoms with Crippen LogP contribution < -0.4 is 4.18 Å². The van der Waals surface area contributed by atoms with Crippen LogP contribution in [-0.4, -0.2) is 8.42 Å². The molecule has 0 N–H and O–H groups in total. The zero-order valence-electron chi connectivity index (χ0n) is 14.9. The highest BCUT2D eigenvalue weighted by Gasteiger charge is 2.22. The molecule has 0 aliphatic heterocycles. The Labute approximate surface area is 155 Å². The molecule has 134 valence electrons. The summed E-state index contributed by atoms with van der Waals surface area (Å²) in [5, 5.41) is 0. The van der Waals surface area contributed by atoms with Gasteiger partial charge in [0.2, 0.25) is 0 Å². The summed E-state index contributed by atoms with van der Waals surface area (Å²) < 4.78 is 30.9. The molecule has 0 aliphatic carbocycles. The Hall–Kier alpha value is -2.59. The molecule has 0 saturated carbocycles. The van der Waals surface area contributed by atoms with Crippen molar-refractivity contribution in [3.05, 3.63) is 95.6 Å². The van der Waals surface area contributed by atoms with Crippen molar-refractivity contribution in [1.82, 2.24) is 0 Å². The molecule has 0 amide bonds. The summed E-state index contributed by atoms with van der Waals surface area (Å²) in [4.78, 5) is 0.158. The lowest BCUT2D eigenvalue weighted by Crippen LogP contribution is -2.12. The number of rotatable bonds is 6. The predicted octanol–water partition coefficient (Wildman–Crippen LogP) is 5.30. The van der Waals surface area contributed by atoms with Crippen LogP contribution in [0.3, 0.4) is 0 Å². The smallest absolute Gasteiger partial charge is 0.339 e. The molecule has 0 saturated heterocycles. The third-order valence-electron chi connectivity index (χ3n) is 4.41. The van der Waals surface area contributed by atoms with Crippen LogP contribution in [-0.2, 0) is 10.1 Å². The third kappa shape index (κ3) is 3.97. The van der Waals surface area contributed by atoms with Crippen LogP contribution in [0.25, 0.3) is 0 Å². The maximum absolute atomic E-state index is 12.7. The highest BCUT2D eigenvalue weighted by Crippen LogP contribution is 2.35. The molecular weight excluding hydrogens is 344 g/mol. The standard InChI is InChI=1S/C22H22O3S/c1-3-20(18-9-5-4-6-10-18)21-11-7-8-12-22(21)25-26(23,24)19-15-13-17(2)14-16-19/h4-16,20H,3H2,1-2H3. The largest absolute Gasteiger partial charge is 0.379 e. The first-order chi connectivity index (χ1) is 12.5. The van der Waals surface area contributed by atoms with Crippen molar-refractivity contribution in [3.63, 3.8) is 0 Å². The first-order valence-corrected chi connectivity index (χ1v) is 10.1. The second kappa shape index (κ2) is 7.75. The molecule has 0 fully saturated rings. The minimum Gasteiger partial charge on any atom is -0.379 e. The Bertz CT molecular complexity index is 962. The molecule has 3 aromatic carbocycles. The van der Waals surface area contributed by atoms with Gasteiger partial charge in [0.15, 0.2) is 0 Å². The molecule has 0 heterocycles. The van der Waals surface area contributed by atoms with Gasteiger partial charge in [0.1, 0.15) is 10.6 Å².